The number of anilines is 1. The summed E-state index contributed by atoms with van der Waals surface area (Å²) in [5.74, 6) is 0.369. The zero-order valence-electron chi connectivity index (χ0n) is 14.3. The maximum atomic E-state index is 12.5. The highest BCUT2D eigenvalue weighted by atomic mass is 16.7. The number of ether oxygens (including phenoxy) is 2. The summed E-state index contributed by atoms with van der Waals surface area (Å²) in [5.41, 5.74) is 1.37. The summed E-state index contributed by atoms with van der Waals surface area (Å²) in [7, 11) is 0. The number of nitrogens with one attached hydrogen (secondary N) is 2. The molecule has 4 rings (SSSR count). The van der Waals surface area contributed by atoms with Crippen LogP contribution in [0.3, 0.4) is 0 Å². The van der Waals surface area contributed by atoms with Gasteiger partial charge in [-0.1, -0.05) is 30.3 Å². The fraction of sp³-hybridized carbons (Fsp3) is 0.211. The molecule has 0 aromatic heterocycles. The summed E-state index contributed by atoms with van der Waals surface area (Å²) >= 11 is 0. The SMILES string of the molecule is O=C(C[C@@H]1NC(=O)N(Cc2ccccc2)C1=O)Nc1ccc2c(c1)OCO2. The Morgan fingerprint density at radius 2 is 1.89 bits per heavy atom. The van der Waals surface area contributed by atoms with Gasteiger partial charge in [0.05, 0.1) is 13.0 Å². The zero-order chi connectivity index (χ0) is 18.8. The molecule has 2 aromatic rings. The van der Waals surface area contributed by atoms with Crippen molar-refractivity contribution in [2.24, 2.45) is 0 Å². The molecule has 1 fully saturated rings. The predicted molar refractivity (Wildman–Crippen MR) is 95.1 cm³/mol. The van der Waals surface area contributed by atoms with Crippen LogP contribution in [0.4, 0.5) is 10.5 Å². The van der Waals surface area contributed by atoms with Gasteiger partial charge in [0, 0.05) is 11.8 Å². The van der Waals surface area contributed by atoms with Crippen molar-refractivity contribution in [1.82, 2.24) is 10.2 Å². The van der Waals surface area contributed by atoms with Gasteiger partial charge in [0.25, 0.3) is 5.91 Å². The molecule has 0 aliphatic carbocycles. The van der Waals surface area contributed by atoms with Crippen LogP contribution in [0.5, 0.6) is 11.5 Å². The number of benzene rings is 2. The maximum absolute atomic E-state index is 12.5. The van der Waals surface area contributed by atoms with Gasteiger partial charge in [-0.15, -0.1) is 0 Å². The van der Waals surface area contributed by atoms with Crippen LogP contribution in [0.2, 0.25) is 0 Å². The Hall–Kier alpha value is -3.55. The third-order valence-corrected chi connectivity index (χ3v) is 4.34. The van der Waals surface area contributed by atoms with E-state index in [9.17, 15) is 14.4 Å². The van der Waals surface area contributed by atoms with Crippen LogP contribution in [0.25, 0.3) is 0 Å². The summed E-state index contributed by atoms with van der Waals surface area (Å²) in [5, 5.41) is 5.27. The smallest absolute Gasteiger partial charge is 0.325 e. The number of rotatable bonds is 5. The molecular weight excluding hydrogens is 350 g/mol. The molecule has 8 nitrogen and oxygen atoms in total. The van der Waals surface area contributed by atoms with Crippen LogP contribution in [0, 0.1) is 0 Å². The second-order valence-electron chi connectivity index (χ2n) is 6.23. The van der Waals surface area contributed by atoms with Crippen LogP contribution < -0.4 is 20.1 Å². The molecule has 27 heavy (non-hydrogen) atoms. The molecule has 0 saturated carbocycles. The molecular formula is C19H17N3O5. The molecule has 1 saturated heterocycles. The topological polar surface area (TPSA) is 97.0 Å². The molecule has 2 aromatic carbocycles. The fourth-order valence-electron chi connectivity index (χ4n) is 3.00. The van der Waals surface area contributed by atoms with Crippen molar-refractivity contribution >= 4 is 23.5 Å². The summed E-state index contributed by atoms with van der Waals surface area (Å²) in [6.45, 7) is 0.318. The average molecular weight is 367 g/mol. The number of carbonyl (C=O) groups is 3. The number of hydrogen-bond donors (Lipinski definition) is 2. The average Bonchev–Trinajstić information content (AvgIpc) is 3.22. The monoisotopic (exact) mass is 367 g/mol. The third kappa shape index (κ3) is 3.55. The van der Waals surface area contributed by atoms with Crippen molar-refractivity contribution in [3.63, 3.8) is 0 Å². The van der Waals surface area contributed by atoms with Crippen molar-refractivity contribution in [3.8, 4) is 11.5 Å². The Balaban J connectivity index is 1.37. The van der Waals surface area contributed by atoms with Crippen LogP contribution in [-0.4, -0.2) is 35.6 Å². The van der Waals surface area contributed by atoms with Gasteiger partial charge in [-0.2, -0.15) is 0 Å². The Labute approximate surface area is 155 Å². The van der Waals surface area contributed by atoms with Crippen molar-refractivity contribution < 1.29 is 23.9 Å². The van der Waals surface area contributed by atoms with Gasteiger partial charge < -0.3 is 20.1 Å². The lowest BCUT2D eigenvalue weighted by molar-refractivity contribution is -0.130. The van der Waals surface area contributed by atoms with Gasteiger partial charge in [0.1, 0.15) is 6.04 Å². The molecule has 0 radical (unpaired) electrons. The van der Waals surface area contributed by atoms with E-state index in [1.165, 1.54) is 0 Å². The zero-order valence-corrected chi connectivity index (χ0v) is 14.3. The van der Waals surface area contributed by atoms with Crippen molar-refractivity contribution in [2.45, 2.75) is 19.0 Å². The minimum Gasteiger partial charge on any atom is -0.454 e. The number of nitrogens with zero attached hydrogens (tertiary/aromatic N) is 1. The van der Waals surface area contributed by atoms with E-state index in [4.69, 9.17) is 9.47 Å². The second kappa shape index (κ2) is 6.99. The molecule has 2 aliphatic heterocycles. The maximum Gasteiger partial charge on any atom is 0.325 e. The van der Waals surface area contributed by atoms with Crippen molar-refractivity contribution in [3.05, 3.63) is 54.1 Å². The molecule has 138 valence electrons. The Kier molecular flexibility index (Phi) is 4.37. The number of carbonyl (C=O) groups excluding carboxylic acids is 3. The molecule has 4 amide bonds. The third-order valence-electron chi connectivity index (χ3n) is 4.34. The minimum atomic E-state index is -0.879. The van der Waals surface area contributed by atoms with E-state index in [0.717, 1.165) is 10.5 Å². The summed E-state index contributed by atoms with van der Waals surface area (Å²) in [6.07, 6.45) is -0.149. The van der Waals surface area contributed by atoms with Gasteiger partial charge in [0.15, 0.2) is 11.5 Å². The standard InChI is InChI=1S/C19H17N3O5/c23-17(20-13-6-7-15-16(8-13)27-11-26-15)9-14-18(24)22(19(25)21-14)10-12-4-2-1-3-5-12/h1-8,14H,9-11H2,(H,20,23)(H,21,25)/t14-/m0/s1. The van der Waals surface area contributed by atoms with E-state index in [0.29, 0.717) is 17.2 Å². The first-order chi connectivity index (χ1) is 13.1. The Morgan fingerprint density at radius 3 is 2.70 bits per heavy atom. The fourth-order valence-corrected chi connectivity index (χ4v) is 3.00. The summed E-state index contributed by atoms with van der Waals surface area (Å²) in [4.78, 5) is 38.0. The molecule has 1 atom stereocenters. The number of fused-ring (bicyclic) bond motifs is 1. The summed E-state index contributed by atoms with van der Waals surface area (Å²) < 4.78 is 10.5. The van der Waals surface area contributed by atoms with Gasteiger partial charge in [0.2, 0.25) is 12.7 Å². The number of urea groups is 1. The van der Waals surface area contributed by atoms with Gasteiger partial charge in [-0.05, 0) is 17.7 Å². The Bertz CT molecular complexity index is 899. The van der Waals surface area contributed by atoms with Gasteiger partial charge in [-0.3, -0.25) is 14.5 Å². The van der Waals surface area contributed by atoms with Crippen molar-refractivity contribution in [1.29, 1.82) is 0 Å². The normalized spacial score (nSPS) is 17.8. The van der Waals surface area contributed by atoms with Crippen LogP contribution in [0.15, 0.2) is 48.5 Å². The van der Waals surface area contributed by atoms with E-state index < -0.39 is 18.0 Å². The van der Waals surface area contributed by atoms with E-state index >= 15 is 0 Å². The second-order valence-corrected chi connectivity index (χ2v) is 6.23. The van der Waals surface area contributed by atoms with E-state index in [-0.39, 0.29) is 25.7 Å². The molecule has 0 spiro atoms. The lowest BCUT2D eigenvalue weighted by atomic mass is 10.1. The first-order valence-corrected chi connectivity index (χ1v) is 8.45. The molecule has 2 heterocycles. The molecule has 0 bridgehead atoms. The lowest BCUT2D eigenvalue weighted by Gasteiger charge is -2.13. The molecule has 2 aliphatic rings. The number of imide groups is 1. The highest BCUT2D eigenvalue weighted by Crippen LogP contribution is 2.34. The van der Waals surface area contributed by atoms with E-state index in [1.54, 1.807) is 18.2 Å². The van der Waals surface area contributed by atoms with Crippen LogP contribution >= 0.6 is 0 Å². The minimum absolute atomic E-state index is 0.145. The molecule has 2 N–H and O–H groups in total. The van der Waals surface area contributed by atoms with Gasteiger partial charge in [-0.25, -0.2) is 4.79 Å². The predicted octanol–water partition coefficient (Wildman–Crippen LogP) is 1.86. The number of amides is 4. The van der Waals surface area contributed by atoms with Crippen molar-refractivity contribution in [2.75, 3.05) is 12.1 Å². The van der Waals surface area contributed by atoms with Crippen LogP contribution in [-0.2, 0) is 16.1 Å². The first-order valence-electron chi connectivity index (χ1n) is 8.45. The first kappa shape index (κ1) is 16.9. The largest absolute Gasteiger partial charge is 0.454 e. The van der Waals surface area contributed by atoms with Gasteiger partial charge >= 0.3 is 6.03 Å². The lowest BCUT2D eigenvalue weighted by Crippen LogP contribution is -2.34. The Morgan fingerprint density at radius 1 is 1.11 bits per heavy atom. The highest BCUT2D eigenvalue weighted by molar-refractivity contribution is 6.06. The quantitative estimate of drug-likeness (QED) is 0.787. The number of hydrogen-bond acceptors (Lipinski definition) is 5. The van der Waals surface area contributed by atoms with E-state index in [1.807, 2.05) is 30.3 Å². The van der Waals surface area contributed by atoms with E-state index in [2.05, 4.69) is 10.6 Å². The van der Waals surface area contributed by atoms with Crippen LogP contribution in [0.1, 0.15) is 12.0 Å². The highest BCUT2D eigenvalue weighted by Gasteiger charge is 2.39. The molecule has 0 unspecified atom stereocenters. The molecule has 8 heteroatoms. The summed E-state index contributed by atoms with van der Waals surface area (Å²) in [6, 6.07) is 12.9.